The second-order valence-electron chi connectivity index (χ2n) is 4.37. The fourth-order valence-electron chi connectivity index (χ4n) is 2.04. The molecule has 0 saturated heterocycles. The predicted molar refractivity (Wildman–Crippen MR) is 81.0 cm³/mol. The maximum Gasteiger partial charge on any atom is 0.123 e. The Morgan fingerprint density at radius 3 is 2.53 bits per heavy atom. The lowest BCUT2D eigenvalue weighted by molar-refractivity contribution is 0.410. The Balaban J connectivity index is 2.15. The minimum Gasteiger partial charge on any atom is -0.496 e. The Morgan fingerprint density at radius 2 is 1.79 bits per heavy atom. The molecule has 0 aliphatic heterocycles. The van der Waals surface area contributed by atoms with Crippen molar-refractivity contribution < 1.29 is 4.74 Å². The lowest BCUT2D eigenvalue weighted by Gasteiger charge is -2.14. The van der Waals surface area contributed by atoms with E-state index in [-0.39, 0.29) is 5.38 Å². The van der Waals surface area contributed by atoms with Gasteiger partial charge in [0.2, 0.25) is 0 Å². The van der Waals surface area contributed by atoms with Crippen LogP contribution in [0.2, 0.25) is 0 Å². The molecule has 0 saturated carbocycles. The zero-order valence-corrected chi connectivity index (χ0v) is 11.9. The first kappa shape index (κ1) is 13.8. The monoisotopic (exact) mass is 275 g/mol. The van der Waals surface area contributed by atoms with E-state index in [2.05, 4.69) is 11.4 Å². The number of halogens is 1. The zero-order valence-electron chi connectivity index (χ0n) is 11.2. The van der Waals surface area contributed by atoms with Crippen LogP contribution in [0.15, 0.2) is 48.5 Å². The number of benzene rings is 2. The van der Waals surface area contributed by atoms with Crippen LogP contribution >= 0.6 is 11.6 Å². The van der Waals surface area contributed by atoms with E-state index in [0.29, 0.717) is 6.54 Å². The van der Waals surface area contributed by atoms with Gasteiger partial charge in [0.15, 0.2) is 0 Å². The predicted octanol–water partition coefficient (Wildman–Crippen LogP) is 4.61. The minimum atomic E-state index is -0.0126. The van der Waals surface area contributed by atoms with Gasteiger partial charge in [0.1, 0.15) is 5.75 Å². The largest absolute Gasteiger partial charge is 0.496 e. The van der Waals surface area contributed by atoms with Gasteiger partial charge >= 0.3 is 0 Å². The number of methoxy groups -OCH3 is 1. The molecule has 0 amide bonds. The summed E-state index contributed by atoms with van der Waals surface area (Å²) in [5.74, 6) is 0.895. The zero-order chi connectivity index (χ0) is 13.7. The summed E-state index contributed by atoms with van der Waals surface area (Å²) in [5, 5.41) is 3.41. The van der Waals surface area contributed by atoms with Crippen LogP contribution in [0.5, 0.6) is 5.75 Å². The molecule has 2 rings (SSSR count). The number of nitrogens with one attached hydrogen (secondary N) is 1. The number of alkyl halides is 1. The van der Waals surface area contributed by atoms with Gasteiger partial charge in [-0.05, 0) is 24.6 Å². The maximum absolute atomic E-state index is 6.18. The molecule has 0 bridgehead atoms. The van der Waals surface area contributed by atoms with Gasteiger partial charge in [-0.1, -0.05) is 36.4 Å². The first-order valence-corrected chi connectivity index (χ1v) is 6.74. The van der Waals surface area contributed by atoms with Crippen molar-refractivity contribution in [2.24, 2.45) is 0 Å². The average molecular weight is 276 g/mol. The van der Waals surface area contributed by atoms with Crippen LogP contribution in [-0.2, 0) is 6.54 Å². The summed E-state index contributed by atoms with van der Waals surface area (Å²) in [4.78, 5) is 0. The highest BCUT2D eigenvalue weighted by Crippen LogP contribution is 2.28. The van der Waals surface area contributed by atoms with E-state index in [9.17, 15) is 0 Å². The van der Waals surface area contributed by atoms with Crippen LogP contribution in [0.4, 0.5) is 5.69 Å². The minimum absolute atomic E-state index is 0.0126. The van der Waals surface area contributed by atoms with Crippen molar-refractivity contribution in [3.63, 3.8) is 0 Å². The SMILES string of the molecule is COc1ccccc1CNc1ccccc1C(C)Cl. The summed E-state index contributed by atoms with van der Waals surface area (Å²) in [5.41, 5.74) is 3.30. The molecule has 0 fully saturated rings. The standard InChI is InChI=1S/C16H18ClNO/c1-12(17)14-8-4-5-9-15(14)18-11-13-7-3-6-10-16(13)19-2/h3-10,12,18H,11H2,1-2H3. The number of hydrogen-bond donors (Lipinski definition) is 1. The Kier molecular flexibility index (Phi) is 4.69. The van der Waals surface area contributed by atoms with E-state index in [0.717, 1.165) is 22.6 Å². The highest BCUT2D eigenvalue weighted by molar-refractivity contribution is 6.21. The van der Waals surface area contributed by atoms with Gasteiger partial charge in [-0.15, -0.1) is 11.6 Å². The molecule has 2 nitrogen and oxygen atoms in total. The van der Waals surface area contributed by atoms with Crippen molar-refractivity contribution >= 4 is 17.3 Å². The van der Waals surface area contributed by atoms with E-state index in [1.807, 2.05) is 49.4 Å². The van der Waals surface area contributed by atoms with Crippen molar-refractivity contribution in [2.75, 3.05) is 12.4 Å². The van der Waals surface area contributed by atoms with Gasteiger partial charge in [-0.25, -0.2) is 0 Å². The van der Waals surface area contributed by atoms with Crippen molar-refractivity contribution in [2.45, 2.75) is 18.8 Å². The van der Waals surface area contributed by atoms with Crippen molar-refractivity contribution in [1.29, 1.82) is 0 Å². The smallest absolute Gasteiger partial charge is 0.123 e. The maximum atomic E-state index is 6.18. The second-order valence-corrected chi connectivity index (χ2v) is 5.02. The van der Waals surface area contributed by atoms with E-state index < -0.39 is 0 Å². The van der Waals surface area contributed by atoms with Crippen molar-refractivity contribution in [1.82, 2.24) is 0 Å². The van der Waals surface area contributed by atoms with Gasteiger partial charge in [0, 0.05) is 17.8 Å². The molecule has 3 heteroatoms. The number of rotatable bonds is 5. The second kappa shape index (κ2) is 6.48. The fraction of sp³-hybridized carbons (Fsp3) is 0.250. The van der Waals surface area contributed by atoms with Gasteiger partial charge in [0.25, 0.3) is 0 Å². The summed E-state index contributed by atoms with van der Waals surface area (Å²) in [6.07, 6.45) is 0. The average Bonchev–Trinajstić information content (AvgIpc) is 2.45. The third kappa shape index (κ3) is 3.42. The third-order valence-corrected chi connectivity index (χ3v) is 3.29. The molecule has 0 aliphatic carbocycles. The quantitative estimate of drug-likeness (QED) is 0.805. The van der Waals surface area contributed by atoms with E-state index >= 15 is 0 Å². The van der Waals surface area contributed by atoms with Gasteiger partial charge in [0.05, 0.1) is 12.5 Å². The molecule has 1 unspecified atom stereocenters. The van der Waals surface area contributed by atoms with Crippen LogP contribution in [-0.4, -0.2) is 7.11 Å². The summed E-state index contributed by atoms with van der Waals surface area (Å²) < 4.78 is 5.35. The lowest BCUT2D eigenvalue weighted by atomic mass is 10.1. The molecular weight excluding hydrogens is 258 g/mol. The van der Waals surface area contributed by atoms with E-state index in [4.69, 9.17) is 16.3 Å². The van der Waals surface area contributed by atoms with Crippen molar-refractivity contribution in [3.05, 3.63) is 59.7 Å². The highest BCUT2D eigenvalue weighted by Gasteiger charge is 2.08. The molecule has 0 heterocycles. The summed E-state index contributed by atoms with van der Waals surface area (Å²) in [6.45, 7) is 2.69. The number of ether oxygens (including phenoxy) is 1. The molecule has 19 heavy (non-hydrogen) atoms. The summed E-state index contributed by atoms with van der Waals surface area (Å²) in [7, 11) is 1.69. The van der Waals surface area contributed by atoms with Crippen LogP contribution < -0.4 is 10.1 Å². The Bertz CT molecular complexity index is 540. The summed E-state index contributed by atoms with van der Waals surface area (Å²) in [6, 6.07) is 16.1. The lowest BCUT2D eigenvalue weighted by Crippen LogP contribution is -2.04. The third-order valence-electron chi connectivity index (χ3n) is 3.05. The van der Waals surface area contributed by atoms with Gasteiger partial charge in [-0.2, -0.15) is 0 Å². The molecular formula is C16H18ClNO. The Hall–Kier alpha value is -1.67. The molecule has 100 valence electrons. The van der Waals surface area contributed by atoms with E-state index in [1.165, 1.54) is 0 Å². The topological polar surface area (TPSA) is 21.3 Å². The van der Waals surface area contributed by atoms with Crippen LogP contribution in [0.1, 0.15) is 23.4 Å². The van der Waals surface area contributed by atoms with Crippen LogP contribution in [0.3, 0.4) is 0 Å². The number of anilines is 1. The Labute approximate surface area is 119 Å². The molecule has 0 radical (unpaired) electrons. The van der Waals surface area contributed by atoms with Crippen LogP contribution in [0.25, 0.3) is 0 Å². The van der Waals surface area contributed by atoms with Gasteiger partial charge in [-0.3, -0.25) is 0 Å². The Morgan fingerprint density at radius 1 is 1.11 bits per heavy atom. The molecule has 2 aromatic rings. The molecule has 0 aliphatic rings. The first-order chi connectivity index (χ1) is 9.22. The number of para-hydroxylation sites is 2. The molecule has 0 aromatic heterocycles. The normalized spacial score (nSPS) is 11.9. The van der Waals surface area contributed by atoms with E-state index in [1.54, 1.807) is 7.11 Å². The van der Waals surface area contributed by atoms with Crippen molar-refractivity contribution in [3.8, 4) is 5.75 Å². The van der Waals surface area contributed by atoms with Gasteiger partial charge < -0.3 is 10.1 Å². The fourth-order valence-corrected chi connectivity index (χ4v) is 2.23. The number of hydrogen-bond acceptors (Lipinski definition) is 2. The molecule has 0 spiro atoms. The molecule has 2 aromatic carbocycles. The highest BCUT2D eigenvalue weighted by atomic mass is 35.5. The molecule has 1 atom stereocenters. The first-order valence-electron chi connectivity index (χ1n) is 6.31. The van der Waals surface area contributed by atoms with Crippen LogP contribution in [0, 0.1) is 0 Å². The summed E-state index contributed by atoms with van der Waals surface area (Å²) >= 11 is 6.18. The molecule has 1 N–H and O–H groups in total.